The molecule has 6 nitrogen and oxygen atoms in total. The third-order valence-electron chi connectivity index (χ3n) is 1.98. The lowest BCUT2D eigenvalue weighted by molar-refractivity contribution is -0.315. The Morgan fingerprint density at radius 1 is 1.50 bits per heavy atom. The first-order valence-corrected chi connectivity index (χ1v) is 3.60. The second-order valence-electron chi connectivity index (χ2n) is 2.91. The van der Waals surface area contributed by atoms with Crippen LogP contribution in [0.2, 0.25) is 0 Å². The first kappa shape index (κ1) is 9.85. The molecule has 0 aromatic heterocycles. The van der Waals surface area contributed by atoms with E-state index in [0.29, 0.717) is 0 Å². The Hall–Kier alpha value is -0.240. The highest BCUT2D eigenvalue weighted by Crippen LogP contribution is 2.22. The summed E-state index contributed by atoms with van der Waals surface area (Å²) in [6.07, 6.45) is -2.86. The molecule has 0 aliphatic carbocycles. The molecule has 0 amide bonds. The van der Waals surface area contributed by atoms with Gasteiger partial charge in [0.2, 0.25) is 5.79 Å². The fourth-order valence-corrected chi connectivity index (χ4v) is 1.06. The Kier molecular flexibility index (Phi) is 2.67. The minimum absolute atomic E-state index is 0.102. The van der Waals surface area contributed by atoms with E-state index in [1.165, 1.54) is 0 Å². The van der Waals surface area contributed by atoms with Crippen molar-refractivity contribution >= 4 is 0 Å². The van der Waals surface area contributed by atoms with E-state index in [1.807, 2.05) is 0 Å². The normalized spacial score (nSPS) is 49.2. The van der Waals surface area contributed by atoms with Crippen LogP contribution in [0.4, 0.5) is 0 Å². The van der Waals surface area contributed by atoms with Gasteiger partial charge in [0.05, 0.1) is 19.3 Å². The van der Waals surface area contributed by atoms with Crippen LogP contribution in [0.3, 0.4) is 0 Å². The van der Waals surface area contributed by atoms with Crippen molar-refractivity contribution in [2.45, 2.75) is 24.0 Å². The number of ether oxygens (including phenoxy) is 1. The Morgan fingerprint density at radius 3 is 2.58 bits per heavy atom. The van der Waals surface area contributed by atoms with Crippen molar-refractivity contribution in [3.05, 3.63) is 0 Å². The number of nitrogens with two attached hydrogens (primary N) is 1. The average Bonchev–Trinajstić information content (AvgIpc) is 2.09. The van der Waals surface area contributed by atoms with Gasteiger partial charge in [-0.2, -0.15) is 0 Å². The molecule has 4 atom stereocenters. The molecule has 1 heterocycles. The summed E-state index contributed by atoms with van der Waals surface area (Å²) in [7, 11) is 0. The molecule has 72 valence electrons. The van der Waals surface area contributed by atoms with Gasteiger partial charge in [0.25, 0.3) is 0 Å². The van der Waals surface area contributed by atoms with Gasteiger partial charge in [-0.3, -0.25) is 0 Å². The van der Waals surface area contributed by atoms with Crippen LogP contribution < -0.4 is 5.73 Å². The maximum absolute atomic E-state index is 9.30. The predicted molar refractivity (Wildman–Crippen MR) is 38.0 cm³/mol. The Labute approximate surface area is 69.2 Å². The number of rotatable bonds is 1. The second-order valence-corrected chi connectivity index (χ2v) is 2.91. The monoisotopic (exact) mass is 179 g/mol. The molecule has 1 fully saturated rings. The molecule has 1 aliphatic heterocycles. The fraction of sp³-hybridized carbons (Fsp3) is 1.00. The first-order chi connectivity index (χ1) is 5.51. The lowest BCUT2D eigenvalue weighted by atomic mass is 9.96. The molecule has 1 rings (SSSR count). The van der Waals surface area contributed by atoms with E-state index in [4.69, 9.17) is 10.8 Å². The van der Waals surface area contributed by atoms with E-state index < -0.39 is 30.6 Å². The fourth-order valence-electron chi connectivity index (χ4n) is 1.06. The van der Waals surface area contributed by atoms with Gasteiger partial charge in [0, 0.05) is 0 Å². The number of aliphatic hydroxyl groups excluding tert-OH is 3. The summed E-state index contributed by atoms with van der Waals surface area (Å²) in [4.78, 5) is 0. The highest BCUT2D eigenvalue weighted by atomic mass is 16.7. The number of hydrogen-bond acceptors (Lipinski definition) is 6. The van der Waals surface area contributed by atoms with E-state index in [9.17, 15) is 15.3 Å². The molecule has 0 aromatic rings. The van der Waals surface area contributed by atoms with Crippen molar-refractivity contribution in [1.29, 1.82) is 0 Å². The van der Waals surface area contributed by atoms with Gasteiger partial charge in [-0.15, -0.1) is 0 Å². The molecule has 0 spiro atoms. The SMILES string of the molecule is NC1COC(O)(CO)C(O)C1O. The molecule has 1 aliphatic rings. The summed E-state index contributed by atoms with van der Waals surface area (Å²) < 4.78 is 4.68. The van der Waals surface area contributed by atoms with E-state index >= 15 is 0 Å². The topological polar surface area (TPSA) is 116 Å². The van der Waals surface area contributed by atoms with Gasteiger partial charge in [-0.1, -0.05) is 0 Å². The summed E-state index contributed by atoms with van der Waals surface area (Å²) in [5, 5.41) is 36.3. The van der Waals surface area contributed by atoms with Crippen molar-refractivity contribution in [1.82, 2.24) is 0 Å². The van der Waals surface area contributed by atoms with Gasteiger partial charge in [-0.05, 0) is 0 Å². The van der Waals surface area contributed by atoms with Crippen molar-refractivity contribution in [3.8, 4) is 0 Å². The van der Waals surface area contributed by atoms with Crippen LogP contribution in [0, 0.1) is 0 Å². The molecule has 12 heavy (non-hydrogen) atoms. The van der Waals surface area contributed by atoms with Crippen LogP contribution >= 0.6 is 0 Å². The average molecular weight is 179 g/mol. The van der Waals surface area contributed by atoms with Gasteiger partial charge < -0.3 is 30.9 Å². The maximum atomic E-state index is 9.30. The maximum Gasteiger partial charge on any atom is 0.218 e. The van der Waals surface area contributed by atoms with E-state index in [0.717, 1.165) is 0 Å². The van der Waals surface area contributed by atoms with Crippen molar-refractivity contribution in [3.63, 3.8) is 0 Å². The molecule has 1 saturated heterocycles. The molecule has 0 saturated carbocycles. The summed E-state index contributed by atoms with van der Waals surface area (Å²) in [6, 6.07) is -0.744. The summed E-state index contributed by atoms with van der Waals surface area (Å²) >= 11 is 0. The molecule has 0 bridgehead atoms. The zero-order chi connectivity index (χ0) is 9.35. The molecular formula is C6H13NO5. The third kappa shape index (κ3) is 1.45. The van der Waals surface area contributed by atoms with Crippen LogP contribution in [0.25, 0.3) is 0 Å². The van der Waals surface area contributed by atoms with Gasteiger partial charge in [0.15, 0.2) is 0 Å². The van der Waals surface area contributed by atoms with Gasteiger partial charge >= 0.3 is 0 Å². The zero-order valence-corrected chi connectivity index (χ0v) is 6.42. The second kappa shape index (κ2) is 3.25. The Morgan fingerprint density at radius 2 is 2.08 bits per heavy atom. The summed E-state index contributed by atoms with van der Waals surface area (Å²) in [5.74, 6) is -2.09. The van der Waals surface area contributed by atoms with Crippen molar-refractivity contribution in [2.24, 2.45) is 5.73 Å². The van der Waals surface area contributed by atoms with Crippen LogP contribution in [-0.2, 0) is 4.74 Å². The largest absolute Gasteiger partial charge is 0.391 e. The highest BCUT2D eigenvalue weighted by Gasteiger charge is 2.47. The standard InChI is InChI=1S/C6H13NO5/c7-3-1-12-6(11,2-8)5(10)4(3)9/h3-5,8-11H,1-2,7H2. The third-order valence-corrected chi connectivity index (χ3v) is 1.98. The molecule has 0 radical (unpaired) electrons. The molecule has 6 heteroatoms. The smallest absolute Gasteiger partial charge is 0.218 e. The first-order valence-electron chi connectivity index (χ1n) is 3.60. The van der Waals surface area contributed by atoms with Crippen molar-refractivity contribution in [2.75, 3.05) is 13.2 Å². The van der Waals surface area contributed by atoms with Crippen LogP contribution in [0.1, 0.15) is 0 Å². The van der Waals surface area contributed by atoms with Gasteiger partial charge in [-0.25, -0.2) is 0 Å². The Bertz CT molecular complexity index is 166. The number of aliphatic hydroxyl groups is 4. The number of hydrogen-bond donors (Lipinski definition) is 5. The van der Waals surface area contributed by atoms with Gasteiger partial charge in [0.1, 0.15) is 12.2 Å². The summed E-state index contributed by atoms with van der Waals surface area (Å²) in [6.45, 7) is -0.882. The predicted octanol–water partition coefficient (Wildman–Crippen LogP) is -3.25. The van der Waals surface area contributed by atoms with Crippen LogP contribution in [0.5, 0.6) is 0 Å². The van der Waals surface area contributed by atoms with Crippen molar-refractivity contribution < 1.29 is 25.2 Å². The van der Waals surface area contributed by atoms with Crippen LogP contribution in [0.15, 0.2) is 0 Å². The quantitative estimate of drug-likeness (QED) is 0.288. The molecular weight excluding hydrogens is 166 g/mol. The van der Waals surface area contributed by atoms with Crippen LogP contribution in [-0.4, -0.2) is 57.7 Å². The lowest BCUT2D eigenvalue weighted by Gasteiger charge is -2.40. The summed E-state index contributed by atoms with van der Waals surface area (Å²) in [5.41, 5.74) is 5.32. The lowest BCUT2D eigenvalue weighted by Crippen LogP contribution is -2.64. The zero-order valence-electron chi connectivity index (χ0n) is 6.42. The van der Waals surface area contributed by atoms with E-state index in [1.54, 1.807) is 0 Å². The molecule has 0 aromatic carbocycles. The highest BCUT2D eigenvalue weighted by molar-refractivity contribution is 4.92. The minimum atomic E-state index is -2.09. The molecule has 4 unspecified atom stereocenters. The minimum Gasteiger partial charge on any atom is -0.391 e. The van der Waals surface area contributed by atoms with E-state index in [-0.39, 0.29) is 6.61 Å². The Balaban J connectivity index is 2.71. The van der Waals surface area contributed by atoms with E-state index in [2.05, 4.69) is 4.74 Å². The molecule has 6 N–H and O–H groups in total.